The van der Waals surface area contributed by atoms with Crippen LogP contribution in [0.4, 0.5) is 0 Å². The summed E-state index contributed by atoms with van der Waals surface area (Å²) in [4.78, 5) is 9.47. The minimum absolute atomic E-state index is 0. The Labute approximate surface area is 195 Å². The van der Waals surface area contributed by atoms with Gasteiger partial charge in [0, 0.05) is 32.7 Å². The highest BCUT2D eigenvalue weighted by molar-refractivity contribution is 14.0. The van der Waals surface area contributed by atoms with Crippen LogP contribution >= 0.6 is 24.0 Å². The molecular formula is C21H44IN5O2. The molecule has 0 aromatic rings. The number of ether oxygens (including phenoxy) is 1. The van der Waals surface area contributed by atoms with Gasteiger partial charge in [0.2, 0.25) is 0 Å². The van der Waals surface area contributed by atoms with E-state index in [2.05, 4.69) is 39.3 Å². The van der Waals surface area contributed by atoms with E-state index in [0.717, 1.165) is 57.7 Å². The standard InChI is InChI=1S/C21H43N5O2.HI/c1-4-22-20(23-9-5-6-10-25-11-7-19(2)8-12-25)24-17-21(3,27)18-26-13-15-28-16-14-26;/h19,27H,4-18H2,1-3H3,(H2,22,23,24);1H. The van der Waals surface area contributed by atoms with Crippen LogP contribution in [0.5, 0.6) is 0 Å². The van der Waals surface area contributed by atoms with Gasteiger partial charge >= 0.3 is 0 Å². The van der Waals surface area contributed by atoms with Gasteiger partial charge in [-0.2, -0.15) is 0 Å². The molecule has 7 nitrogen and oxygen atoms in total. The Morgan fingerprint density at radius 2 is 1.79 bits per heavy atom. The third-order valence-corrected chi connectivity index (χ3v) is 5.66. The van der Waals surface area contributed by atoms with Crippen LogP contribution in [-0.2, 0) is 4.74 Å². The first-order valence-electron chi connectivity index (χ1n) is 11.3. The summed E-state index contributed by atoms with van der Waals surface area (Å²) < 4.78 is 5.38. The van der Waals surface area contributed by atoms with Crippen LogP contribution in [0.25, 0.3) is 0 Å². The molecule has 2 saturated heterocycles. The Morgan fingerprint density at radius 3 is 2.45 bits per heavy atom. The number of hydrogen-bond donors (Lipinski definition) is 3. The molecule has 29 heavy (non-hydrogen) atoms. The van der Waals surface area contributed by atoms with Crippen molar-refractivity contribution in [2.75, 3.05) is 72.1 Å². The van der Waals surface area contributed by atoms with Gasteiger partial charge in [-0.1, -0.05) is 6.92 Å². The number of likely N-dealkylation sites (tertiary alicyclic amines) is 1. The smallest absolute Gasteiger partial charge is 0.191 e. The lowest BCUT2D eigenvalue weighted by atomic mass is 9.99. The van der Waals surface area contributed by atoms with Crippen LogP contribution in [0, 0.1) is 5.92 Å². The molecule has 2 fully saturated rings. The number of nitrogens with zero attached hydrogens (tertiary/aromatic N) is 3. The van der Waals surface area contributed by atoms with Crippen molar-refractivity contribution >= 4 is 29.9 Å². The number of hydrogen-bond acceptors (Lipinski definition) is 5. The fourth-order valence-electron chi connectivity index (χ4n) is 3.83. The summed E-state index contributed by atoms with van der Waals surface area (Å²) in [5.41, 5.74) is -0.828. The van der Waals surface area contributed by atoms with Crippen LogP contribution in [-0.4, -0.2) is 98.6 Å². The highest BCUT2D eigenvalue weighted by atomic mass is 127. The predicted molar refractivity (Wildman–Crippen MR) is 131 cm³/mol. The van der Waals surface area contributed by atoms with Gasteiger partial charge in [0.25, 0.3) is 0 Å². The molecule has 0 spiro atoms. The number of β-amino-alcohol motifs (C(OH)–C–C–N with tert-alkyl or cyclic N) is 1. The van der Waals surface area contributed by atoms with E-state index in [1.54, 1.807) is 0 Å². The molecule has 0 aromatic carbocycles. The van der Waals surface area contributed by atoms with Crippen molar-refractivity contribution < 1.29 is 9.84 Å². The van der Waals surface area contributed by atoms with E-state index in [9.17, 15) is 5.11 Å². The van der Waals surface area contributed by atoms with Crippen molar-refractivity contribution in [1.29, 1.82) is 0 Å². The number of piperidine rings is 1. The summed E-state index contributed by atoms with van der Waals surface area (Å²) in [6, 6.07) is 0. The molecular weight excluding hydrogens is 481 g/mol. The predicted octanol–water partition coefficient (Wildman–Crippen LogP) is 1.75. The lowest BCUT2D eigenvalue weighted by Gasteiger charge is -2.33. The van der Waals surface area contributed by atoms with Crippen LogP contribution in [0.2, 0.25) is 0 Å². The number of unbranched alkanes of at least 4 members (excludes halogenated alkanes) is 1. The Morgan fingerprint density at radius 1 is 1.10 bits per heavy atom. The highest BCUT2D eigenvalue weighted by Crippen LogP contribution is 2.16. The second kappa shape index (κ2) is 14.8. The molecule has 2 rings (SSSR count). The zero-order chi connectivity index (χ0) is 20.2. The van der Waals surface area contributed by atoms with Crippen LogP contribution in [0.3, 0.4) is 0 Å². The monoisotopic (exact) mass is 525 g/mol. The molecule has 2 aliphatic rings. The quantitative estimate of drug-likeness (QED) is 0.175. The Bertz CT molecular complexity index is 450. The van der Waals surface area contributed by atoms with Gasteiger partial charge in [0.1, 0.15) is 0 Å². The fourth-order valence-corrected chi connectivity index (χ4v) is 3.83. The number of aliphatic imine (C=N–C) groups is 1. The number of halogens is 1. The molecule has 2 aliphatic heterocycles. The van der Waals surface area contributed by atoms with Crippen LogP contribution in [0.1, 0.15) is 46.5 Å². The van der Waals surface area contributed by atoms with Gasteiger partial charge in [-0.3, -0.25) is 9.89 Å². The summed E-state index contributed by atoms with van der Waals surface area (Å²) in [5.74, 6) is 1.70. The van der Waals surface area contributed by atoms with Gasteiger partial charge in [0.05, 0.1) is 25.4 Å². The summed E-state index contributed by atoms with van der Waals surface area (Å²) in [5, 5.41) is 17.4. The molecule has 2 heterocycles. The second-order valence-corrected chi connectivity index (χ2v) is 8.74. The number of rotatable bonds is 10. The van der Waals surface area contributed by atoms with Crippen molar-refractivity contribution in [1.82, 2.24) is 20.4 Å². The first-order valence-corrected chi connectivity index (χ1v) is 11.3. The molecule has 3 N–H and O–H groups in total. The van der Waals surface area contributed by atoms with Gasteiger partial charge in [-0.15, -0.1) is 24.0 Å². The average Bonchev–Trinajstić information content (AvgIpc) is 2.67. The van der Waals surface area contributed by atoms with Crippen molar-refractivity contribution in [3.8, 4) is 0 Å². The molecule has 0 radical (unpaired) electrons. The highest BCUT2D eigenvalue weighted by Gasteiger charge is 2.25. The van der Waals surface area contributed by atoms with Gasteiger partial charge in [0.15, 0.2) is 5.96 Å². The molecule has 0 amide bonds. The summed E-state index contributed by atoms with van der Waals surface area (Å²) in [6.07, 6.45) is 5.05. The van der Waals surface area contributed by atoms with E-state index < -0.39 is 5.60 Å². The van der Waals surface area contributed by atoms with Gasteiger partial charge in [-0.05, 0) is 65.1 Å². The van der Waals surface area contributed by atoms with Crippen LogP contribution in [0.15, 0.2) is 4.99 Å². The van der Waals surface area contributed by atoms with Gasteiger partial charge < -0.3 is 25.4 Å². The van der Waals surface area contributed by atoms with Crippen molar-refractivity contribution in [2.45, 2.75) is 52.1 Å². The first-order chi connectivity index (χ1) is 13.5. The lowest BCUT2D eigenvalue weighted by molar-refractivity contribution is -0.0179. The summed E-state index contributed by atoms with van der Waals surface area (Å²) >= 11 is 0. The molecule has 1 unspecified atom stereocenters. The SMILES string of the molecule is CCNC(=NCC(C)(O)CN1CCOCC1)NCCCCN1CCC(C)CC1.I. The van der Waals surface area contributed by atoms with Gasteiger partial charge in [-0.25, -0.2) is 0 Å². The lowest BCUT2D eigenvalue weighted by Crippen LogP contribution is -2.48. The average molecular weight is 526 g/mol. The van der Waals surface area contributed by atoms with E-state index in [-0.39, 0.29) is 24.0 Å². The third kappa shape index (κ3) is 11.7. The first kappa shape index (κ1) is 26.9. The molecule has 0 aromatic heterocycles. The maximum absolute atomic E-state index is 10.7. The fraction of sp³-hybridized carbons (Fsp3) is 0.952. The summed E-state index contributed by atoms with van der Waals surface area (Å²) in [6.45, 7) is 16.1. The second-order valence-electron chi connectivity index (χ2n) is 8.74. The zero-order valence-electron chi connectivity index (χ0n) is 18.8. The molecule has 8 heteroatoms. The van der Waals surface area contributed by atoms with Crippen molar-refractivity contribution in [3.05, 3.63) is 0 Å². The normalized spacial score (nSPS) is 22.0. The molecule has 0 bridgehead atoms. The topological polar surface area (TPSA) is 72.4 Å². The Hall–Kier alpha value is -0.160. The molecule has 0 saturated carbocycles. The molecule has 172 valence electrons. The molecule has 1 atom stereocenters. The third-order valence-electron chi connectivity index (χ3n) is 5.66. The number of aliphatic hydroxyl groups is 1. The summed E-state index contributed by atoms with van der Waals surface area (Å²) in [7, 11) is 0. The van der Waals surface area contributed by atoms with E-state index >= 15 is 0 Å². The van der Waals surface area contributed by atoms with Crippen molar-refractivity contribution in [3.63, 3.8) is 0 Å². The van der Waals surface area contributed by atoms with E-state index in [1.807, 2.05) is 6.92 Å². The minimum atomic E-state index is -0.828. The maximum atomic E-state index is 10.7. The largest absolute Gasteiger partial charge is 0.387 e. The van der Waals surface area contributed by atoms with Crippen molar-refractivity contribution in [2.24, 2.45) is 10.9 Å². The van der Waals surface area contributed by atoms with Crippen LogP contribution < -0.4 is 10.6 Å². The number of nitrogens with one attached hydrogen (secondary N) is 2. The minimum Gasteiger partial charge on any atom is -0.387 e. The van der Waals surface area contributed by atoms with E-state index in [1.165, 1.54) is 38.9 Å². The Kier molecular flexibility index (Phi) is 13.7. The molecule has 0 aliphatic carbocycles. The van der Waals surface area contributed by atoms with E-state index in [0.29, 0.717) is 13.1 Å². The van der Waals surface area contributed by atoms with E-state index in [4.69, 9.17) is 4.74 Å². The number of guanidine groups is 1. The number of morpholine rings is 1. The zero-order valence-corrected chi connectivity index (χ0v) is 21.1. The Balaban J connectivity index is 0.00000420. The maximum Gasteiger partial charge on any atom is 0.191 e.